The van der Waals surface area contributed by atoms with E-state index in [0.29, 0.717) is 11.4 Å². The molecule has 6 heteroatoms. The van der Waals surface area contributed by atoms with Crippen molar-refractivity contribution in [3.05, 3.63) is 60.2 Å². The smallest absolute Gasteiger partial charge is 0.227 e. The second kappa shape index (κ2) is 7.91. The molecule has 1 atom stereocenters. The van der Waals surface area contributed by atoms with Gasteiger partial charge in [-0.1, -0.05) is 30.3 Å². The quantitative estimate of drug-likeness (QED) is 0.781. The van der Waals surface area contributed by atoms with E-state index in [2.05, 4.69) is 0 Å². The van der Waals surface area contributed by atoms with Crippen LogP contribution in [0, 0.1) is 0 Å². The van der Waals surface area contributed by atoms with Crippen molar-refractivity contribution in [2.75, 3.05) is 19.4 Å². The van der Waals surface area contributed by atoms with E-state index < -0.39 is 9.84 Å². The first-order valence-electron chi connectivity index (χ1n) is 8.70. The van der Waals surface area contributed by atoms with E-state index in [4.69, 9.17) is 4.74 Å². The lowest BCUT2D eigenvalue weighted by Crippen LogP contribution is -2.40. The molecule has 0 bridgehead atoms. The summed E-state index contributed by atoms with van der Waals surface area (Å²) in [6.07, 6.45) is 1.83. The van der Waals surface area contributed by atoms with Gasteiger partial charge in [0.25, 0.3) is 0 Å². The molecule has 1 fully saturated rings. The minimum absolute atomic E-state index is 0.0225. The summed E-state index contributed by atoms with van der Waals surface area (Å²) in [5.41, 5.74) is 0.896. The van der Waals surface area contributed by atoms with Crippen molar-refractivity contribution in [1.29, 1.82) is 0 Å². The summed E-state index contributed by atoms with van der Waals surface area (Å²) in [7, 11) is -1.80. The van der Waals surface area contributed by atoms with Crippen LogP contribution in [0.15, 0.2) is 59.5 Å². The summed E-state index contributed by atoms with van der Waals surface area (Å²) >= 11 is 0. The number of benzene rings is 2. The molecule has 0 N–H and O–H groups in total. The lowest BCUT2D eigenvalue weighted by molar-refractivity contribution is -0.130. The summed E-state index contributed by atoms with van der Waals surface area (Å²) in [4.78, 5) is 14.7. The topological polar surface area (TPSA) is 63.7 Å². The molecule has 3 rings (SSSR count). The molecule has 1 amide bonds. The van der Waals surface area contributed by atoms with E-state index in [1.807, 2.05) is 24.3 Å². The van der Waals surface area contributed by atoms with Gasteiger partial charge in [-0.05, 0) is 42.7 Å². The van der Waals surface area contributed by atoms with Crippen molar-refractivity contribution in [3.63, 3.8) is 0 Å². The highest BCUT2D eigenvalue weighted by Gasteiger charge is 2.32. The van der Waals surface area contributed by atoms with Gasteiger partial charge in [0.2, 0.25) is 5.91 Å². The molecule has 5 nitrogen and oxygen atoms in total. The summed E-state index contributed by atoms with van der Waals surface area (Å²) in [5.74, 6) is 0.695. The van der Waals surface area contributed by atoms with Crippen LogP contribution in [0.25, 0.3) is 0 Å². The minimum atomic E-state index is -3.40. The molecular weight excluding hydrogens is 350 g/mol. The largest absolute Gasteiger partial charge is 0.497 e. The molecule has 2 aromatic carbocycles. The number of rotatable bonds is 6. The van der Waals surface area contributed by atoms with Crippen molar-refractivity contribution in [1.82, 2.24) is 4.90 Å². The molecule has 1 heterocycles. The van der Waals surface area contributed by atoms with Crippen LogP contribution >= 0.6 is 0 Å². The van der Waals surface area contributed by atoms with E-state index in [0.717, 1.165) is 24.2 Å². The van der Waals surface area contributed by atoms with Gasteiger partial charge in [0, 0.05) is 12.6 Å². The highest BCUT2D eigenvalue weighted by Crippen LogP contribution is 2.23. The Labute approximate surface area is 154 Å². The third kappa shape index (κ3) is 4.25. The van der Waals surface area contributed by atoms with Crippen LogP contribution < -0.4 is 4.74 Å². The zero-order valence-electron chi connectivity index (χ0n) is 14.8. The number of hydrogen-bond acceptors (Lipinski definition) is 4. The fourth-order valence-electron chi connectivity index (χ4n) is 3.33. The second-order valence-electron chi connectivity index (χ2n) is 6.50. The Kier molecular flexibility index (Phi) is 5.61. The van der Waals surface area contributed by atoms with Gasteiger partial charge >= 0.3 is 0 Å². The van der Waals surface area contributed by atoms with Crippen LogP contribution in [0.2, 0.25) is 0 Å². The first kappa shape index (κ1) is 18.5. The van der Waals surface area contributed by atoms with Crippen LogP contribution in [-0.2, 0) is 21.1 Å². The fourth-order valence-corrected chi connectivity index (χ4v) is 4.95. The molecule has 1 unspecified atom stereocenters. The van der Waals surface area contributed by atoms with Gasteiger partial charge in [-0.2, -0.15) is 0 Å². The third-order valence-electron chi connectivity index (χ3n) is 4.73. The first-order chi connectivity index (χ1) is 12.5. The number of hydrogen-bond donors (Lipinski definition) is 0. The van der Waals surface area contributed by atoms with Crippen molar-refractivity contribution in [2.45, 2.75) is 30.2 Å². The van der Waals surface area contributed by atoms with Crippen LogP contribution in [0.5, 0.6) is 5.75 Å². The van der Waals surface area contributed by atoms with E-state index >= 15 is 0 Å². The molecule has 1 aliphatic heterocycles. The molecular formula is C20H23NO4S. The average molecular weight is 373 g/mol. The van der Waals surface area contributed by atoms with Gasteiger partial charge in [0.1, 0.15) is 5.75 Å². The van der Waals surface area contributed by atoms with Crippen LogP contribution in [-0.4, -0.2) is 44.7 Å². The Morgan fingerprint density at radius 3 is 2.46 bits per heavy atom. The van der Waals surface area contributed by atoms with Gasteiger partial charge in [-0.25, -0.2) is 8.42 Å². The Hall–Kier alpha value is -2.34. The Bertz CT molecular complexity index is 847. The number of ether oxygens (including phenoxy) is 1. The molecule has 26 heavy (non-hydrogen) atoms. The Balaban J connectivity index is 1.68. The van der Waals surface area contributed by atoms with Crippen molar-refractivity contribution >= 4 is 15.7 Å². The zero-order chi connectivity index (χ0) is 18.6. The second-order valence-corrected chi connectivity index (χ2v) is 8.54. The zero-order valence-corrected chi connectivity index (χ0v) is 15.6. The Morgan fingerprint density at radius 2 is 1.81 bits per heavy atom. The van der Waals surface area contributed by atoms with E-state index in [1.165, 1.54) is 0 Å². The summed E-state index contributed by atoms with van der Waals surface area (Å²) < 4.78 is 30.4. The number of carbonyl (C=O) groups excluding carboxylic acids is 1. The number of sulfone groups is 1. The van der Waals surface area contributed by atoms with E-state index in [-0.39, 0.29) is 24.1 Å². The van der Waals surface area contributed by atoms with Crippen molar-refractivity contribution in [3.8, 4) is 5.75 Å². The average Bonchev–Trinajstić information content (AvgIpc) is 3.10. The molecule has 0 aliphatic carbocycles. The molecule has 0 spiro atoms. The summed E-state index contributed by atoms with van der Waals surface area (Å²) in [6.45, 7) is 0.615. The van der Waals surface area contributed by atoms with Gasteiger partial charge in [-0.3, -0.25) is 4.79 Å². The molecule has 0 radical (unpaired) electrons. The van der Waals surface area contributed by atoms with Crippen LogP contribution in [0.4, 0.5) is 0 Å². The van der Waals surface area contributed by atoms with E-state index in [1.54, 1.807) is 42.3 Å². The summed E-state index contributed by atoms with van der Waals surface area (Å²) in [6, 6.07) is 15.5. The SMILES string of the molecule is COc1ccc(CC(=O)N2CCCC2CS(=O)(=O)c2ccccc2)cc1. The van der Waals surface area contributed by atoms with Crippen LogP contribution in [0.3, 0.4) is 0 Å². The number of methoxy groups -OCH3 is 1. The van der Waals surface area contributed by atoms with Crippen LogP contribution in [0.1, 0.15) is 18.4 Å². The third-order valence-corrected chi connectivity index (χ3v) is 6.54. The Morgan fingerprint density at radius 1 is 1.12 bits per heavy atom. The molecule has 1 saturated heterocycles. The number of carbonyl (C=O) groups is 1. The van der Waals surface area contributed by atoms with Gasteiger partial charge in [0.05, 0.1) is 24.2 Å². The lowest BCUT2D eigenvalue weighted by Gasteiger charge is -2.25. The number of likely N-dealkylation sites (tertiary alicyclic amines) is 1. The molecule has 0 saturated carbocycles. The number of nitrogens with zero attached hydrogens (tertiary/aromatic N) is 1. The predicted octanol–water partition coefficient (Wildman–Crippen LogP) is 2.70. The van der Waals surface area contributed by atoms with E-state index in [9.17, 15) is 13.2 Å². The van der Waals surface area contributed by atoms with Crippen molar-refractivity contribution < 1.29 is 17.9 Å². The normalized spacial score (nSPS) is 17.3. The standard InChI is InChI=1S/C20H23NO4S/c1-25-18-11-9-16(10-12-18)14-20(22)21-13-5-6-17(21)15-26(23,24)19-7-3-2-4-8-19/h2-4,7-12,17H,5-6,13-15H2,1H3. The van der Waals surface area contributed by atoms with Gasteiger partial charge < -0.3 is 9.64 Å². The highest BCUT2D eigenvalue weighted by molar-refractivity contribution is 7.91. The summed E-state index contributed by atoms with van der Waals surface area (Å²) in [5, 5.41) is 0. The number of amides is 1. The van der Waals surface area contributed by atoms with Gasteiger partial charge in [-0.15, -0.1) is 0 Å². The predicted molar refractivity (Wildman–Crippen MR) is 99.9 cm³/mol. The first-order valence-corrected chi connectivity index (χ1v) is 10.3. The molecule has 2 aromatic rings. The molecule has 138 valence electrons. The minimum Gasteiger partial charge on any atom is -0.497 e. The maximum Gasteiger partial charge on any atom is 0.227 e. The maximum atomic E-state index is 12.7. The highest BCUT2D eigenvalue weighted by atomic mass is 32.2. The fraction of sp³-hybridized carbons (Fsp3) is 0.350. The lowest BCUT2D eigenvalue weighted by atomic mass is 10.1. The maximum absolute atomic E-state index is 12.7. The molecule has 0 aromatic heterocycles. The molecule has 1 aliphatic rings. The van der Waals surface area contributed by atoms with Crippen molar-refractivity contribution in [2.24, 2.45) is 0 Å². The van der Waals surface area contributed by atoms with Gasteiger partial charge in [0.15, 0.2) is 9.84 Å². The monoisotopic (exact) mass is 373 g/mol.